The number of benzene rings is 1. The third-order valence-corrected chi connectivity index (χ3v) is 5.53. The molecule has 2 bridgehead atoms. The zero-order valence-electron chi connectivity index (χ0n) is 11.7. The highest BCUT2D eigenvalue weighted by Crippen LogP contribution is 2.50. The van der Waals surface area contributed by atoms with Crippen molar-refractivity contribution in [2.45, 2.75) is 50.3 Å². The second kappa shape index (κ2) is 5.19. The Bertz CT molecular complexity index is 447. The highest BCUT2D eigenvalue weighted by Gasteiger charge is 2.50. The number of rotatable bonds is 3. The van der Waals surface area contributed by atoms with Gasteiger partial charge in [0.25, 0.3) is 0 Å². The molecule has 1 aromatic carbocycles. The normalized spacial score (nSPS) is 34.7. The highest BCUT2D eigenvalue weighted by atomic mass is 79.9. The summed E-state index contributed by atoms with van der Waals surface area (Å²) in [5.41, 5.74) is 1.65. The number of nitrogens with zero attached hydrogens (tertiary/aromatic N) is 1. The fourth-order valence-electron chi connectivity index (χ4n) is 4.00. The van der Waals surface area contributed by atoms with Crippen LogP contribution in [0.4, 0.5) is 0 Å². The summed E-state index contributed by atoms with van der Waals surface area (Å²) in [7, 11) is 2.29. The van der Waals surface area contributed by atoms with Gasteiger partial charge in [-0.3, -0.25) is 4.90 Å². The second-order valence-corrected chi connectivity index (χ2v) is 6.77. The molecule has 0 radical (unpaired) electrons. The van der Waals surface area contributed by atoms with Crippen molar-refractivity contribution in [1.29, 1.82) is 0 Å². The van der Waals surface area contributed by atoms with E-state index < -0.39 is 0 Å². The number of fused-ring (bicyclic) bond motifs is 2. The molecule has 2 saturated heterocycles. The SMILES string of the molecule is CCOC1CC2CCC(c3ccc(Br)cc3)(C1)N2C. The molecular formula is C16H22BrNO. The van der Waals surface area contributed by atoms with Gasteiger partial charge in [0.1, 0.15) is 0 Å². The molecule has 2 fully saturated rings. The first kappa shape index (κ1) is 13.6. The summed E-state index contributed by atoms with van der Waals surface area (Å²) in [6, 6.07) is 9.56. The van der Waals surface area contributed by atoms with Gasteiger partial charge in [-0.25, -0.2) is 0 Å². The molecule has 0 aliphatic carbocycles. The Morgan fingerprint density at radius 2 is 2.11 bits per heavy atom. The molecule has 104 valence electrons. The van der Waals surface area contributed by atoms with Gasteiger partial charge in [-0.05, 0) is 57.4 Å². The van der Waals surface area contributed by atoms with Crippen LogP contribution in [0.2, 0.25) is 0 Å². The fraction of sp³-hybridized carbons (Fsp3) is 0.625. The smallest absolute Gasteiger partial charge is 0.0610 e. The zero-order valence-corrected chi connectivity index (χ0v) is 13.3. The van der Waals surface area contributed by atoms with E-state index in [0.29, 0.717) is 12.1 Å². The Kier molecular flexibility index (Phi) is 3.71. The summed E-state index contributed by atoms with van der Waals surface area (Å²) < 4.78 is 7.10. The van der Waals surface area contributed by atoms with Crippen LogP contribution in [-0.2, 0) is 10.3 Å². The van der Waals surface area contributed by atoms with Crippen molar-refractivity contribution < 1.29 is 4.74 Å². The van der Waals surface area contributed by atoms with E-state index in [1.807, 2.05) is 0 Å². The van der Waals surface area contributed by atoms with Gasteiger partial charge in [-0.1, -0.05) is 28.1 Å². The van der Waals surface area contributed by atoms with Crippen molar-refractivity contribution in [3.63, 3.8) is 0 Å². The predicted octanol–water partition coefficient (Wildman–Crippen LogP) is 3.94. The maximum absolute atomic E-state index is 5.95. The number of hydrogen-bond donors (Lipinski definition) is 0. The molecule has 0 spiro atoms. The van der Waals surface area contributed by atoms with Crippen LogP contribution in [0.1, 0.15) is 38.2 Å². The highest BCUT2D eigenvalue weighted by molar-refractivity contribution is 9.10. The Labute approximate surface area is 124 Å². The standard InChI is InChI=1S/C16H22BrNO/c1-3-19-15-10-14-8-9-16(11-15,18(14)2)12-4-6-13(17)7-5-12/h4-7,14-15H,3,8-11H2,1-2H3. The molecule has 2 nitrogen and oxygen atoms in total. The van der Waals surface area contributed by atoms with Crippen molar-refractivity contribution in [2.24, 2.45) is 0 Å². The van der Waals surface area contributed by atoms with Crippen LogP contribution in [0.15, 0.2) is 28.7 Å². The van der Waals surface area contributed by atoms with Crippen molar-refractivity contribution in [2.75, 3.05) is 13.7 Å². The summed E-state index contributed by atoms with van der Waals surface area (Å²) >= 11 is 3.53. The Hall–Kier alpha value is -0.380. The van der Waals surface area contributed by atoms with E-state index in [9.17, 15) is 0 Å². The molecular weight excluding hydrogens is 302 g/mol. The van der Waals surface area contributed by atoms with Crippen molar-refractivity contribution in [3.05, 3.63) is 34.3 Å². The molecule has 0 N–H and O–H groups in total. The largest absolute Gasteiger partial charge is 0.378 e. The fourth-order valence-corrected chi connectivity index (χ4v) is 4.26. The maximum atomic E-state index is 5.95. The van der Waals surface area contributed by atoms with E-state index in [4.69, 9.17) is 4.74 Å². The molecule has 0 saturated carbocycles. The first-order chi connectivity index (χ1) is 9.15. The topological polar surface area (TPSA) is 12.5 Å². The molecule has 3 unspecified atom stereocenters. The minimum absolute atomic E-state index is 0.198. The van der Waals surface area contributed by atoms with Crippen molar-refractivity contribution in [3.8, 4) is 0 Å². The third kappa shape index (κ3) is 2.26. The number of hydrogen-bond acceptors (Lipinski definition) is 2. The average molecular weight is 324 g/mol. The number of halogens is 1. The first-order valence-corrected chi connectivity index (χ1v) is 8.05. The molecule has 19 heavy (non-hydrogen) atoms. The van der Waals surface area contributed by atoms with Gasteiger partial charge in [0.05, 0.1) is 6.10 Å². The van der Waals surface area contributed by atoms with Gasteiger partial charge in [0, 0.05) is 22.7 Å². The lowest BCUT2D eigenvalue weighted by Gasteiger charge is -2.46. The maximum Gasteiger partial charge on any atom is 0.0610 e. The van der Waals surface area contributed by atoms with Crippen molar-refractivity contribution in [1.82, 2.24) is 4.90 Å². The van der Waals surface area contributed by atoms with Crippen LogP contribution in [0, 0.1) is 0 Å². The summed E-state index contributed by atoms with van der Waals surface area (Å²) in [6.45, 7) is 2.93. The molecule has 3 atom stereocenters. The molecule has 2 heterocycles. The van der Waals surface area contributed by atoms with Crippen molar-refractivity contribution >= 4 is 15.9 Å². The van der Waals surface area contributed by atoms with Crippen LogP contribution in [0.25, 0.3) is 0 Å². The molecule has 2 aliphatic rings. The predicted molar refractivity (Wildman–Crippen MR) is 81.3 cm³/mol. The van der Waals surface area contributed by atoms with Gasteiger partial charge < -0.3 is 4.74 Å². The molecule has 1 aromatic rings. The number of piperidine rings is 1. The second-order valence-electron chi connectivity index (χ2n) is 5.86. The van der Waals surface area contributed by atoms with E-state index in [1.165, 1.54) is 24.8 Å². The minimum atomic E-state index is 0.198. The van der Waals surface area contributed by atoms with Gasteiger partial charge in [0.2, 0.25) is 0 Å². The summed E-state index contributed by atoms with van der Waals surface area (Å²) in [5.74, 6) is 0. The van der Waals surface area contributed by atoms with Crippen LogP contribution < -0.4 is 0 Å². The van der Waals surface area contributed by atoms with Gasteiger partial charge >= 0.3 is 0 Å². The van der Waals surface area contributed by atoms with Crippen LogP contribution >= 0.6 is 15.9 Å². The summed E-state index contributed by atoms with van der Waals surface area (Å²) in [6.07, 6.45) is 5.32. The molecule has 0 aromatic heterocycles. The van der Waals surface area contributed by atoms with Crippen LogP contribution in [-0.4, -0.2) is 30.7 Å². The first-order valence-electron chi connectivity index (χ1n) is 7.26. The summed E-state index contributed by atoms with van der Waals surface area (Å²) in [5, 5.41) is 0. The monoisotopic (exact) mass is 323 g/mol. The van der Waals surface area contributed by atoms with Gasteiger partial charge in [-0.15, -0.1) is 0 Å². The lowest BCUT2D eigenvalue weighted by molar-refractivity contribution is -0.0444. The van der Waals surface area contributed by atoms with Gasteiger partial charge in [0.15, 0.2) is 0 Å². The van der Waals surface area contributed by atoms with E-state index >= 15 is 0 Å². The Morgan fingerprint density at radius 3 is 2.79 bits per heavy atom. The average Bonchev–Trinajstić information content (AvgIpc) is 2.61. The lowest BCUT2D eigenvalue weighted by Crippen LogP contribution is -2.50. The zero-order chi connectivity index (χ0) is 13.5. The van der Waals surface area contributed by atoms with Crippen LogP contribution in [0.5, 0.6) is 0 Å². The Balaban J connectivity index is 1.93. The van der Waals surface area contributed by atoms with Crippen LogP contribution in [0.3, 0.4) is 0 Å². The third-order valence-electron chi connectivity index (χ3n) is 5.00. The Morgan fingerprint density at radius 1 is 1.37 bits per heavy atom. The number of ether oxygens (including phenoxy) is 1. The lowest BCUT2D eigenvalue weighted by atomic mass is 9.81. The molecule has 0 amide bonds. The van der Waals surface area contributed by atoms with E-state index in [0.717, 1.165) is 17.5 Å². The van der Waals surface area contributed by atoms with E-state index in [-0.39, 0.29) is 5.54 Å². The summed E-state index contributed by atoms with van der Waals surface area (Å²) in [4.78, 5) is 2.60. The minimum Gasteiger partial charge on any atom is -0.378 e. The van der Waals surface area contributed by atoms with E-state index in [1.54, 1.807) is 0 Å². The molecule has 3 heteroatoms. The van der Waals surface area contributed by atoms with E-state index in [2.05, 4.69) is 59.1 Å². The molecule has 2 aliphatic heterocycles. The quantitative estimate of drug-likeness (QED) is 0.835. The van der Waals surface area contributed by atoms with Gasteiger partial charge in [-0.2, -0.15) is 0 Å². The molecule has 3 rings (SSSR count).